The predicted molar refractivity (Wildman–Crippen MR) is 86.8 cm³/mol. The van der Waals surface area contributed by atoms with Gasteiger partial charge in [0.15, 0.2) is 0 Å². The van der Waals surface area contributed by atoms with E-state index in [9.17, 15) is 4.79 Å². The van der Waals surface area contributed by atoms with Gasteiger partial charge in [-0.25, -0.2) is 0 Å². The van der Waals surface area contributed by atoms with Crippen LogP contribution in [-0.2, 0) is 9.53 Å². The van der Waals surface area contributed by atoms with E-state index < -0.39 is 0 Å². The number of carbonyl (C=O) groups excluding carboxylic acids is 1. The molecule has 1 saturated carbocycles. The van der Waals surface area contributed by atoms with E-state index in [1.807, 2.05) is 22.9 Å². The standard InChI is InChI=1S/C16H19NO2S2/c18-15(11-19-12-5-1-2-6-12)17-16(13-7-3-9-20-13)14-8-4-10-21-14/h3-4,7-10,12,16H,1-2,5-6,11H2,(H,17,18). The van der Waals surface area contributed by atoms with Crippen molar-refractivity contribution in [1.82, 2.24) is 5.32 Å². The van der Waals surface area contributed by atoms with Gasteiger partial charge in [0.2, 0.25) is 5.91 Å². The molecule has 5 heteroatoms. The minimum atomic E-state index is -0.0512. The molecular weight excluding hydrogens is 302 g/mol. The van der Waals surface area contributed by atoms with Crippen LogP contribution in [0.15, 0.2) is 35.0 Å². The van der Waals surface area contributed by atoms with E-state index >= 15 is 0 Å². The molecule has 3 nitrogen and oxygen atoms in total. The van der Waals surface area contributed by atoms with Crippen molar-refractivity contribution in [2.24, 2.45) is 0 Å². The molecule has 0 aromatic carbocycles. The number of nitrogens with one attached hydrogen (secondary N) is 1. The molecular formula is C16H19NO2S2. The van der Waals surface area contributed by atoms with E-state index in [2.05, 4.69) is 17.4 Å². The number of ether oxygens (including phenoxy) is 1. The molecule has 1 fully saturated rings. The lowest BCUT2D eigenvalue weighted by Crippen LogP contribution is -2.32. The first kappa shape index (κ1) is 14.8. The lowest BCUT2D eigenvalue weighted by Gasteiger charge is -2.17. The quantitative estimate of drug-likeness (QED) is 0.874. The third kappa shape index (κ3) is 3.93. The SMILES string of the molecule is O=C(COC1CCCC1)NC(c1cccs1)c1cccs1. The molecule has 1 aliphatic carbocycles. The molecule has 0 aliphatic heterocycles. The van der Waals surface area contributed by atoms with Gasteiger partial charge in [-0.15, -0.1) is 22.7 Å². The van der Waals surface area contributed by atoms with Gasteiger partial charge >= 0.3 is 0 Å². The molecule has 0 bridgehead atoms. The molecule has 1 N–H and O–H groups in total. The van der Waals surface area contributed by atoms with Gasteiger partial charge in [-0.2, -0.15) is 0 Å². The molecule has 2 aromatic heterocycles. The predicted octanol–water partition coefficient (Wildman–Crippen LogP) is 3.97. The fourth-order valence-electron chi connectivity index (χ4n) is 2.64. The number of thiophene rings is 2. The number of amides is 1. The van der Waals surface area contributed by atoms with Crippen LogP contribution in [0.2, 0.25) is 0 Å². The summed E-state index contributed by atoms with van der Waals surface area (Å²) in [5.41, 5.74) is 0. The van der Waals surface area contributed by atoms with Crippen molar-refractivity contribution in [2.75, 3.05) is 6.61 Å². The second-order valence-electron chi connectivity index (χ2n) is 5.25. The Morgan fingerprint density at radius 1 is 1.19 bits per heavy atom. The summed E-state index contributed by atoms with van der Waals surface area (Å²) >= 11 is 3.33. The molecule has 0 spiro atoms. The normalized spacial score (nSPS) is 15.7. The van der Waals surface area contributed by atoms with Crippen LogP contribution in [0.4, 0.5) is 0 Å². The fraction of sp³-hybridized carbons (Fsp3) is 0.438. The molecule has 2 aromatic rings. The van der Waals surface area contributed by atoms with Crippen LogP contribution in [-0.4, -0.2) is 18.6 Å². The molecule has 0 atom stereocenters. The summed E-state index contributed by atoms with van der Waals surface area (Å²) in [5.74, 6) is -0.0336. The minimum absolute atomic E-state index is 0.0336. The Bertz CT molecular complexity index is 511. The highest BCUT2D eigenvalue weighted by atomic mass is 32.1. The third-order valence-corrected chi connectivity index (χ3v) is 5.59. The van der Waals surface area contributed by atoms with Gasteiger partial charge in [0.25, 0.3) is 0 Å². The maximum absolute atomic E-state index is 12.2. The fourth-order valence-corrected chi connectivity index (χ4v) is 4.31. The molecule has 112 valence electrons. The molecule has 0 unspecified atom stereocenters. The van der Waals surface area contributed by atoms with Gasteiger partial charge in [0.05, 0.1) is 12.1 Å². The van der Waals surface area contributed by atoms with Gasteiger partial charge in [0, 0.05) is 9.75 Å². The van der Waals surface area contributed by atoms with E-state index in [-0.39, 0.29) is 24.7 Å². The van der Waals surface area contributed by atoms with Gasteiger partial charge in [-0.3, -0.25) is 4.79 Å². The van der Waals surface area contributed by atoms with Crippen LogP contribution in [0.5, 0.6) is 0 Å². The third-order valence-electron chi connectivity index (χ3n) is 3.71. The second kappa shape index (κ2) is 7.20. The Morgan fingerprint density at radius 2 is 1.81 bits per heavy atom. The van der Waals surface area contributed by atoms with Crippen LogP contribution < -0.4 is 5.32 Å². The number of rotatable bonds is 6. The highest BCUT2D eigenvalue weighted by Gasteiger charge is 2.21. The first-order valence-electron chi connectivity index (χ1n) is 7.30. The van der Waals surface area contributed by atoms with Crippen molar-refractivity contribution in [1.29, 1.82) is 0 Å². The van der Waals surface area contributed by atoms with Gasteiger partial charge in [-0.05, 0) is 35.7 Å². The van der Waals surface area contributed by atoms with Crippen LogP contribution in [0, 0.1) is 0 Å². The highest BCUT2D eigenvalue weighted by Crippen LogP contribution is 2.29. The largest absolute Gasteiger partial charge is 0.368 e. The van der Waals surface area contributed by atoms with E-state index in [0.717, 1.165) is 22.6 Å². The van der Waals surface area contributed by atoms with Crippen molar-refractivity contribution in [3.05, 3.63) is 44.8 Å². The lowest BCUT2D eigenvalue weighted by atomic mass is 10.2. The number of hydrogen-bond donors (Lipinski definition) is 1. The van der Waals surface area contributed by atoms with Gasteiger partial charge < -0.3 is 10.1 Å². The van der Waals surface area contributed by atoms with E-state index in [4.69, 9.17) is 4.74 Å². The van der Waals surface area contributed by atoms with Gasteiger partial charge in [0.1, 0.15) is 6.61 Å². The van der Waals surface area contributed by atoms with E-state index in [1.165, 1.54) is 12.8 Å². The minimum Gasteiger partial charge on any atom is -0.368 e. The monoisotopic (exact) mass is 321 g/mol. The zero-order chi connectivity index (χ0) is 14.5. The Balaban J connectivity index is 1.60. The van der Waals surface area contributed by atoms with E-state index in [1.54, 1.807) is 22.7 Å². The molecule has 21 heavy (non-hydrogen) atoms. The Morgan fingerprint density at radius 3 is 2.33 bits per heavy atom. The van der Waals surface area contributed by atoms with Crippen molar-refractivity contribution in [3.8, 4) is 0 Å². The Labute approximate surface area is 133 Å². The zero-order valence-corrected chi connectivity index (χ0v) is 13.4. The topological polar surface area (TPSA) is 38.3 Å². The molecule has 1 aliphatic rings. The van der Waals surface area contributed by atoms with Crippen molar-refractivity contribution >= 4 is 28.6 Å². The first-order chi connectivity index (χ1) is 10.3. The van der Waals surface area contributed by atoms with Crippen LogP contribution in [0.25, 0.3) is 0 Å². The summed E-state index contributed by atoms with van der Waals surface area (Å²) in [6, 6.07) is 8.11. The lowest BCUT2D eigenvalue weighted by molar-refractivity contribution is -0.128. The summed E-state index contributed by atoms with van der Waals surface area (Å²) in [5, 5.41) is 7.18. The summed E-state index contributed by atoms with van der Waals surface area (Å²) < 4.78 is 5.70. The van der Waals surface area contributed by atoms with Crippen LogP contribution >= 0.6 is 22.7 Å². The summed E-state index contributed by atoms with van der Waals surface area (Å²) in [4.78, 5) is 14.5. The first-order valence-corrected chi connectivity index (χ1v) is 9.06. The second-order valence-corrected chi connectivity index (χ2v) is 7.21. The van der Waals surface area contributed by atoms with Gasteiger partial charge in [-0.1, -0.05) is 25.0 Å². The average Bonchev–Trinajstić information content (AvgIpc) is 3.26. The molecule has 2 heterocycles. The number of carbonyl (C=O) groups is 1. The highest BCUT2D eigenvalue weighted by molar-refractivity contribution is 7.11. The van der Waals surface area contributed by atoms with Crippen molar-refractivity contribution in [2.45, 2.75) is 37.8 Å². The molecule has 0 saturated heterocycles. The van der Waals surface area contributed by atoms with Crippen LogP contribution in [0.3, 0.4) is 0 Å². The maximum atomic E-state index is 12.2. The Hall–Kier alpha value is -1.17. The average molecular weight is 321 g/mol. The molecule has 3 rings (SSSR count). The van der Waals surface area contributed by atoms with Crippen molar-refractivity contribution < 1.29 is 9.53 Å². The molecule has 0 radical (unpaired) electrons. The zero-order valence-electron chi connectivity index (χ0n) is 11.8. The summed E-state index contributed by atoms with van der Waals surface area (Å²) in [6.45, 7) is 0.165. The van der Waals surface area contributed by atoms with Crippen LogP contribution in [0.1, 0.15) is 41.5 Å². The van der Waals surface area contributed by atoms with E-state index in [0.29, 0.717) is 0 Å². The number of hydrogen-bond acceptors (Lipinski definition) is 4. The van der Waals surface area contributed by atoms with Crippen molar-refractivity contribution in [3.63, 3.8) is 0 Å². The summed E-state index contributed by atoms with van der Waals surface area (Å²) in [6.07, 6.45) is 4.90. The maximum Gasteiger partial charge on any atom is 0.246 e. The smallest absolute Gasteiger partial charge is 0.246 e. The Kier molecular flexibility index (Phi) is 5.06. The molecule has 1 amide bonds. The summed E-state index contributed by atoms with van der Waals surface area (Å²) in [7, 11) is 0.